The third-order valence-electron chi connectivity index (χ3n) is 4.83. The number of amidine groups is 1. The summed E-state index contributed by atoms with van der Waals surface area (Å²) in [7, 11) is -3.77. The lowest BCUT2D eigenvalue weighted by atomic mass is 10.1. The van der Waals surface area contributed by atoms with Crippen LogP contribution in [0.2, 0.25) is 5.02 Å². The molecule has 6 nitrogen and oxygen atoms in total. The van der Waals surface area contributed by atoms with Crippen molar-refractivity contribution < 1.29 is 13.2 Å². The van der Waals surface area contributed by atoms with Crippen molar-refractivity contribution in [2.45, 2.75) is 27.2 Å². The SMILES string of the molecule is CC1=C(c2cccc(Cl)c2)S(=O)(=O)N=C1N1CCCN(C(=O)C(C)C)CC1. The zero-order valence-electron chi connectivity index (χ0n) is 15.8. The molecule has 0 saturated carbocycles. The highest BCUT2D eigenvalue weighted by Crippen LogP contribution is 2.34. The van der Waals surface area contributed by atoms with Gasteiger partial charge in [-0.25, -0.2) is 0 Å². The first-order chi connectivity index (χ1) is 12.7. The van der Waals surface area contributed by atoms with Crippen LogP contribution in [0, 0.1) is 5.92 Å². The first-order valence-electron chi connectivity index (χ1n) is 9.06. The van der Waals surface area contributed by atoms with E-state index in [-0.39, 0.29) is 16.7 Å². The number of benzene rings is 1. The van der Waals surface area contributed by atoms with E-state index in [1.807, 2.05) is 23.6 Å². The van der Waals surface area contributed by atoms with Crippen LogP contribution in [-0.4, -0.2) is 56.1 Å². The van der Waals surface area contributed by atoms with Crippen LogP contribution in [0.3, 0.4) is 0 Å². The number of hydrogen-bond acceptors (Lipinski definition) is 4. The van der Waals surface area contributed by atoms with E-state index < -0.39 is 10.0 Å². The van der Waals surface area contributed by atoms with Gasteiger partial charge < -0.3 is 9.80 Å². The van der Waals surface area contributed by atoms with E-state index >= 15 is 0 Å². The molecule has 0 aliphatic carbocycles. The van der Waals surface area contributed by atoms with Crippen molar-refractivity contribution in [3.8, 4) is 0 Å². The molecule has 0 unspecified atom stereocenters. The minimum absolute atomic E-state index is 0.0446. The van der Waals surface area contributed by atoms with Crippen molar-refractivity contribution in [3.05, 3.63) is 40.4 Å². The van der Waals surface area contributed by atoms with E-state index in [9.17, 15) is 13.2 Å². The third kappa shape index (κ3) is 4.04. The van der Waals surface area contributed by atoms with Gasteiger partial charge in [-0.3, -0.25) is 4.79 Å². The Morgan fingerprint density at radius 2 is 1.93 bits per heavy atom. The van der Waals surface area contributed by atoms with Crippen LogP contribution < -0.4 is 0 Å². The smallest absolute Gasteiger partial charge is 0.285 e. The highest BCUT2D eigenvalue weighted by molar-refractivity contribution is 8.00. The highest BCUT2D eigenvalue weighted by atomic mass is 35.5. The fraction of sp³-hybridized carbons (Fsp3) is 0.474. The van der Waals surface area contributed by atoms with Crippen molar-refractivity contribution in [3.63, 3.8) is 0 Å². The summed E-state index contributed by atoms with van der Waals surface area (Å²) in [6, 6.07) is 6.81. The number of carbonyl (C=O) groups is 1. The number of sulfonamides is 1. The first-order valence-corrected chi connectivity index (χ1v) is 10.9. The van der Waals surface area contributed by atoms with E-state index in [0.29, 0.717) is 48.2 Å². The van der Waals surface area contributed by atoms with Gasteiger partial charge in [0.2, 0.25) is 5.91 Å². The van der Waals surface area contributed by atoms with Gasteiger partial charge in [0, 0.05) is 42.7 Å². The van der Waals surface area contributed by atoms with E-state index in [1.54, 1.807) is 31.2 Å². The minimum Gasteiger partial charge on any atom is -0.354 e. The standard InChI is InChI=1S/C19H24ClN3O3S/c1-13(2)19(24)23-9-5-8-22(10-11-23)18-14(3)17(27(25,26)21-18)15-6-4-7-16(20)12-15/h4,6-7,12-13H,5,8-11H2,1-3H3. The summed E-state index contributed by atoms with van der Waals surface area (Å²) in [5, 5.41) is 0.481. The summed E-state index contributed by atoms with van der Waals surface area (Å²) in [5.74, 6) is 0.561. The predicted octanol–water partition coefficient (Wildman–Crippen LogP) is 3.00. The predicted molar refractivity (Wildman–Crippen MR) is 108 cm³/mol. The van der Waals surface area contributed by atoms with Crippen LogP contribution >= 0.6 is 11.6 Å². The van der Waals surface area contributed by atoms with Gasteiger partial charge in [0.1, 0.15) is 10.7 Å². The number of nitrogens with zero attached hydrogens (tertiary/aromatic N) is 3. The van der Waals surface area contributed by atoms with Gasteiger partial charge in [-0.1, -0.05) is 37.6 Å². The average Bonchev–Trinajstić information content (AvgIpc) is 2.76. The number of carbonyl (C=O) groups excluding carboxylic acids is 1. The lowest BCUT2D eigenvalue weighted by Crippen LogP contribution is -2.39. The van der Waals surface area contributed by atoms with Gasteiger partial charge in [0.25, 0.3) is 10.0 Å². The van der Waals surface area contributed by atoms with E-state index in [4.69, 9.17) is 11.6 Å². The van der Waals surface area contributed by atoms with Gasteiger partial charge in [-0.2, -0.15) is 8.42 Å². The molecule has 1 saturated heterocycles. The number of rotatable bonds is 2. The largest absolute Gasteiger partial charge is 0.354 e. The normalized spacial score (nSPS) is 20.1. The maximum absolute atomic E-state index is 12.7. The van der Waals surface area contributed by atoms with Gasteiger partial charge in [0.15, 0.2) is 0 Å². The second kappa shape index (κ2) is 7.64. The lowest BCUT2D eigenvalue weighted by molar-refractivity contribution is -0.134. The summed E-state index contributed by atoms with van der Waals surface area (Å²) in [6.45, 7) is 8.03. The number of amides is 1. The molecule has 1 amide bonds. The second-order valence-corrected chi connectivity index (χ2v) is 9.15. The number of halogens is 1. The number of hydrogen-bond donors (Lipinski definition) is 0. The van der Waals surface area contributed by atoms with Crippen LogP contribution in [0.15, 0.2) is 34.2 Å². The molecule has 1 aromatic rings. The Hall–Kier alpha value is -1.86. The van der Waals surface area contributed by atoms with Crippen LogP contribution in [0.25, 0.3) is 4.91 Å². The first kappa shape index (κ1) is 19.9. The summed E-state index contributed by atoms with van der Waals surface area (Å²) >= 11 is 6.04. The highest BCUT2D eigenvalue weighted by Gasteiger charge is 2.34. The van der Waals surface area contributed by atoms with Gasteiger partial charge >= 0.3 is 0 Å². The zero-order valence-corrected chi connectivity index (χ0v) is 17.3. The fourth-order valence-electron chi connectivity index (χ4n) is 3.53. The molecule has 1 fully saturated rings. The maximum Gasteiger partial charge on any atom is 0.285 e. The molecule has 2 heterocycles. The molecule has 27 heavy (non-hydrogen) atoms. The fourth-order valence-corrected chi connectivity index (χ4v) is 5.19. The molecule has 2 aliphatic heterocycles. The molecule has 2 aliphatic rings. The van der Waals surface area contributed by atoms with Crippen LogP contribution in [0.1, 0.15) is 32.8 Å². The molecule has 0 bridgehead atoms. The molecule has 8 heteroatoms. The van der Waals surface area contributed by atoms with Crippen molar-refractivity contribution in [2.24, 2.45) is 10.3 Å². The minimum atomic E-state index is -3.77. The Balaban J connectivity index is 1.88. The van der Waals surface area contributed by atoms with Gasteiger partial charge in [0.05, 0.1) is 0 Å². The third-order valence-corrected chi connectivity index (χ3v) is 6.53. The summed E-state index contributed by atoms with van der Waals surface area (Å²) in [4.78, 5) is 16.3. The zero-order chi connectivity index (χ0) is 19.8. The van der Waals surface area contributed by atoms with Gasteiger partial charge in [-0.15, -0.1) is 4.40 Å². The maximum atomic E-state index is 12.7. The monoisotopic (exact) mass is 409 g/mol. The van der Waals surface area contributed by atoms with Crippen LogP contribution in [-0.2, 0) is 14.8 Å². The van der Waals surface area contributed by atoms with E-state index in [0.717, 1.165) is 6.42 Å². The Kier molecular flexibility index (Phi) is 5.63. The van der Waals surface area contributed by atoms with Crippen molar-refractivity contribution in [2.75, 3.05) is 26.2 Å². The molecular formula is C19H24ClN3O3S. The molecule has 0 atom stereocenters. The molecule has 0 spiro atoms. The molecule has 0 aromatic heterocycles. The topological polar surface area (TPSA) is 70.1 Å². The Morgan fingerprint density at radius 3 is 2.59 bits per heavy atom. The quantitative estimate of drug-likeness (QED) is 0.752. The van der Waals surface area contributed by atoms with Crippen molar-refractivity contribution in [1.82, 2.24) is 9.80 Å². The molecular weight excluding hydrogens is 386 g/mol. The van der Waals surface area contributed by atoms with Crippen molar-refractivity contribution in [1.29, 1.82) is 0 Å². The van der Waals surface area contributed by atoms with Crippen LogP contribution in [0.4, 0.5) is 0 Å². The molecule has 146 valence electrons. The average molecular weight is 410 g/mol. The molecule has 1 aromatic carbocycles. The molecule has 0 N–H and O–H groups in total. The summed E-state index contributed by atoms with van der Waals surface area (Å²) in [6.07, 6.45) is 0.775. The van der Waals surface area contributed by atoms with Crippen molar-refractivity contribution >= 4 is 38.3 Å². The lowest BCUT2D eigenvalue weighted by Gasteiger charge is -2.24. The Morgan fingerprint density at radius 1 is 1.19 bits per heavy atom. The Labute approximate surface area is 165 Å². The van der Waals surface area contributed by atoms with Crippen LogP contribution in [0.5, 0.6) is 0 Å². The second-order valence-electron chi connectivity index (χ2n) is 7.18. The summed E-state index contributed by atoms with van der Waals surface area (Å²) < 4.78 is 29.5. The summed E-state index contributed by atoms with van der Waals surface area (Å²) in [5.41, 5.74) is 1.17. The van der Waals surface area contributed by atoms with E-state index in [1.165, 1.54) is 0 Å². The van der Waals surface area contributed by atoms with E-state index in [2.05, 4.69) is 4.40 Å². The molecule has 0 radical (unpaired) electrons. The molecule has 3 rings (SSSR count). The van der Waals surface area contributed by atoms with Gasteiger partial charge in [-0.05, 0) is 31.0 Å². The Bertz CT molecular complexity index is 922.